The predicted octanol–water partition coefficient (Wildman–Crippen LogP) is 4.55. The summed E-state index contributed by atoms with van der Waals surface area (Å²) in [5.74, 6) is 0.900. The number of hydrogen-bond donors (Lipinski definition) is 0. The van der Waals surface area contributed by atoms with E-state index in [9.17, 15) is 0 Å². The van der Waals surface area contributed by atoms with Crippen molar-refractivity contribution in [2.24, 2.45) is 0 Å². The highest BCUT2D eigenvalue weighted by molar-refractivity contribution is 6.74. The van der Waals surface area contributed by atoms with Crippen molar-refractivity contribution in [3.8, 4) is 5.75 Å². The third kappa shape index (κ3) is 3.07. The molecule has 2 heterocycles. The first-order valence-corrected chi connectivity index (χ1v) is 10.1. The van der Waals surface area contributed by atoms with Gasteiger partial charge in [-0.25, -0.2) is 0 Å². The lowest BCUT2D eigenvalue weighted by Gasteiger charge is -2.52. The Labute approximate surface area is 140 Å². The monoisotopic (exact) mass is 336 g/mol. The molecule has 4 nitrogen and oxygen atoms in total. The molecule has 3 rings (SSSR count). The zero-order valence-corrected chi connectivity index (χ0v) is 16.0. The number of ether oxygens (including phenoxy) is 2. The van der Waals surface area contributed by atoms with Crippen LogP contribution in [-0.2, 0) is 13.9 Å². The normalized spacial score (nSPS) is 26.3. The third-order valence-electron chi connectivity index (χ3n) is 4.51. The molecule has 2 aliphatic heterocycles. The summed E-state index contributed by atoms with van der Waals surface area (Å²) in [6, 6.07) is 8.06. The van der Waals surface area contributed by atoms with Crippen LogP contribution in [0.4, 0.5) is 0 Å². The molecule has 2 atom stereocenters. The molecule has 0 bridgehead atoms. The van der Waals surface area contributed by atoms with Gasteiger partial charge in [0.25, 0.3) is 0 Å². The molecule has 5 heteroatoms. The minimum Gasteiger partial charge on any atom is -0.519 e. The summed E-state index contributed by atoms with van der Waals surface area (Å²) >= 11 is 0. The third-order valence-corrected chi connectivity index (χ3v) is 9.51. The smallest absolute Gasteiger partial charge is 0.412 e. The quantitative estimate of drug-likeness (QED) is 0.599. The Hall–Kier alpha value is -0.883. The molecule has 1 aromatic carbocycles. The van der Waals surface area contributed by atoms with Crippen molar-refractivity contribution in [1.82, 2.24) is 0 Å². The van der Waals surface area contributed by atoms with Crippen LogP contribution in [0.3, 0.4) is 0 Å². The second kappa shape index (κ2) is 5.58. The lowest BCUT2D eigenvalue weighted by atomic mass is 10.2. The van der Waals surface area contributed by atoms with Crippen molar-refractivity contribution in [2.45, 2.75) is 64.0 Å². The van der Waals surface area contributed by atoms with Crippen molar-refractivity contribution in [1.29, 1.82) is 0 Å². The van der Waals surface area contributed by atoms with Crippen molar-refractivity contribution in [3.63, 3.8) is 0 Å². The highest BCUT2D eigenvalue weighted by Gasteiger charge is 2.63. The average molecular weight is 337 g/mol. The van der Waals surface area contributed by atoms with Crippen LogP contribution in [0.2, 0.25) is 10.1 Å². The van der Waals surface area contributed by atoms with E-state index >= 15 is 0 Å². The van der Waals surface area contributed by atoms with Crippen LogP contribution in [0.25, 0.3) is 0 Å². The molecule has 0 amide bonds. The minimum absolute atomic E-state index is 0.0868. The molecule has 0 saturated carbocycles. The molecule has 0 N–H and O–H groups in total. The van der Waals surface area contributed by atoms with Gasteiger partial charge >= 0.3 is 8.56 Å². The highest BCUT2D eigenvalue weighted by Crippen LogP contribution is 2.57. The Bertz CT molecular complexity index is 555. The van der Waals surface area contributed by atoms with Gasteiger partial charge in [0.15, 0.2) is 6.29 Å². The Morgan fingerprint density at radius 1 is 1.09 bits per heavy atom. The van der Waals surface area contributed by atoms with Crippen LogP contribution in [0.15, 0.2) is 24.3 Å². The van der Waals surface area contributed by atoms with E-state index in [2.05, 4.69) is 41.5 Å². The fraction of sp³-hybridized carbons (Fsp3) is 0.667. The van der Waals surface area contributed by atoms with E-state index in [0.717, 1.165) is 17.9 Å². The van der Waals surface area contributed by atoms with Gasteiger partial charge in [0.05, 0.1) is 13.2 Å². The topological polar surface area (TPSA) is 40.2 Å². The van der Waals surface area contributed by atoms with Crippen LogP contribution in [0, 0.1) is 0 Å². The fourth-order valence-corrected chi connectivity index (χ4v) is 8.04. The molecule has 1 fully saturated rings. The van der Waals surface area contributed by atoms with Gasteiger partial charge in [0, 0.05) is 15.6 Å². The molecule has 23 heavy (non-hydrogen) atoms. The lowest BCUT2D eigenvalue weighted by molar-refractivity contribution is -0.118. The van der Waals surface area contributed by atoms with E-state index in [-0.39, 0.29) is 22.5 Å². The highest BCUT2D eigenvalue weighted by atomic mass is 28.4. The minimum atomic E-state index is -2.62. The van der Waals surface area contributed by atoms with Gasteiger partial charge in [-0.2, -0.15) is 0 Å². The number of benzene rings is 1. The maximum absolute atomic E-state index is 6.65. The van der Waals surface area contributed by atoms with Crippen molar-refractivity contribution in [2.75, 3.05) is 13.2 Å². The van der Waals surface area contributed by atoms with Gasteiger partial charge in [-0.15, -0.1) is 0 Å². The van der Waals surface area contributed by atoms with Crippen LogP contribution < -0.4 is 4.43 Å². The van der Waals surface area contributed by atoms with Crippen LogP contribution in [0.1, 0.15) is 53.4 Å². The number of para-hydroxylation sites is 1. The van der Waals surface area contributed by atoms with E-state index in [1.165, 1.54) is 0 Å². The van der Waals surface area contributed by atoms with E-state index in [1.54, 1.807) is 0 Å². The summed E-state index contributed by atoms with van der Waals surface area (Å²) in [7, 11) is -2.62. The van der Waals surface area contributed by atoms with Gasteiger partial charge in [-0.3, -0.25) is 0 Å². The largest absolute Gasteiger partial charge is 0.519 e. The maximum Gasteiger partial charge on any atom is 0.412 e. The van der Waals surface area contributed by atoms with Gasteiger partial charge in [0.2, 0.25) is 0 Å². The predicted molar refractivity (Wildman–Crippen MR) is 91.8 cm³/mol. The maximum atomic E-state index is 6.65. The first-order chi connectivity index (χ1) is 10.6. The number of rotatable bonds is 3. The number of fused-ring (bicyclic) bond motifs is 1. The van der Waals surface area contributed by atoms with Crippen LogP contribution in [-0.4, -0.2) is 27.9 Å². The first kappa shape index (κ1) is 17.0. The van der Waals surface area contributed by atoms with E-state index < -0.39 is 8.56 Å². The van der Waals surface area contributed by atoms with Crippen molar-refractivity contribution < 1.29 is 18.3 Å². The van der Waals surface area contributed by atoms with Gasteiger partial charge < -0.3 is 18.3 Å². The van der Waals surface area contributed by atoms with Gasteiger partial charge in [-0.05, 0) is 6.07 Å². The van der Waals surface area contributed by atoms with E-state index in [1.807, 2.05) is 24.3 Å². The molecule has 2 aliphatic rings. The van der Waals surface area contributed by atoms with Crippen molar-refractivity contribution in [3.05, 3.63) is 29.8 Å². The molecule has 128 valence electrons. The zero-order valence-electron chi connectivity index (χ0n) is 15.0. The Morgan fingerprint density at radius 2 is 1.70 bits per heavy atom. The molecular weight excluding hydrogens is 308 g/mol. The fourth-order valence-electron chi connectivity index (χ4n) is 3.43. The zero-order chi connectivity index (χ0) is 16.9. The number of hydrogen-bond acceptors (Lipinski definition) is 4. The molecule has 0 radical (unpaired) electrons. The van der Waals surface area contributed by atoms with Crippen LogP contribution in [0.5, 0.6) is 5.75 Å². The molecule has 1 aromatic rings. The molecule has 0 unspecified atom stereocenters. The summed E-state index contributed by atoms with van der Waals surface area (Å²) in [4.78, 5) is 0. The van der Waals surface area contributed by atoms with E-state index in [0.29, 0.717) is 6.61 Å². The summed E-state index contributed by atoms with van der Waals surface area (Å²) < 4.78 is 24.6. The molecular formula is C18H28O4Si. The van der Waals surface area contributed by atoms with Gasteiger partial charge in [-0.1, -0.05) is 59.7 Å². The summed E-state index contributed by atoms with van der Waals surface area (Å²) in [5.41, 5.74) is 0.977. The summed E-state index contributed by atoms with van der Waals surface area (Å²) in [6.45, 7) is 14.6. The Balaban J connectivity index is 2.00. The molecule has 0 spiro atoms. The number of epoxide rings is 1. The summed E-state index contributed by atoms with van der Waals surface area (Å²) in [5, 5.41) is -0.174. The Morgan fingerprint density at radius 3 is 2.26 bits per heavy atom. The Kier molecular flexibility index (Phi) is 4.12. The molecule has 1 saturated heterocycles. The second-order valence-corrected chi connectivity index (χ2v) is 13.2. The first-order valence-electron chi connectivity index (χ1n) is 8.33. The second-order valence-electron chi connectivity index (χ2n) is 8.49. The lowest BCUT2D eigenvalue weighted by Crippen LogP contribution is -2.62. The molecule has 0 aliphatic carbocycles. The molecule has 0 aromatic heterocycles. The SMILES string of the molecule is CC(C)(C)[Si]1(C(C)(C)C)Oc2ccccc2[C@@H](OC[C@@H]2CO2)O1. The van der Waals surface area contributed by atoms with Gasteiger partial charge in [0.1, 0.15) is 11.9 Å². The standard InChI is InChI=1S/C18H28O4Si/c1-17(2,3)23(18(4,5)6)21-15-10-8-7-9-14(15)16(22-23)20-12-13-11-19-13/h7-10,13,16H,11-12H2,1-6H3/t13-,16-/m0/s1. The van der Waals surface area contributed by atoms with E-state index in [4.69, 9.17) is 18.3 Å². The summed E-state index contributed by atoms with van der Waals surface area (Å²) in [6.07, 6.45) is -0.164. The van der Waals surface area contributed by atoms with Crippen LogP contribution >= 0.6 is 0 Å². The van der Waals surface area contributed by atoms with Crippen molar-refractivity contribution >= 4 is 8.56 Å². The average Bonchev–Trinajstić information content (AvgIpc) is 3.26.